The number of aromatic nitrogens is 1. The number of ether oxygens (including phenoxy) is 1. The van der Waals surface area contributed by atoms with Gasteiger partial charge < -0.3 is 14.5 Å². The van der Waals surface area contributed by atoms with E-state index in [1.807, 2.05) is 6.20 Å². The molecule has 0 amide bonds. The van der Waals surface area contributed by atoms with Crippen molar-refractivity contribution >= 4 is 0 Å². The van der Waals surface area contributed by atoms with Gasteiger partial charge in [0.15, 0.2) is 5.89 Å². The van der Waals surface area contributed by atoms with Gasteiger partial charge in [0.05, 0.1) is 18.4 Å². The summed E-state index contributed by atoms with van der Waals surface area (Å²) in [7, 11) is 0. The molecule has 1 aliphatic rings. The Balaban J connectivity index is 1.97. The molecule has 1 aromatic rings. The second kappa shape index (κ2) is 6.06. The first-order valence-electron chi connectivity index (χ1n) is 7.32. The highest BCUT2D eigenvalue weighted by molar-refractivity contribution is 5.09. The first-order valence-corrected chi connectivity index (χ1v) is 7.32. The van der Waals surface area contributed by atoms with Crippen molar-refractivity contribution in [1.29, 1.82) is 0 Å². The molecule has 0 aromatic carbocycles. The summed E-state index contributed by atoms with van der Waals surface area (Å²) in [6.45, 7) is 11.7. The molecule has 0 bridgehead atoms. The fourth-order valence-electron chi connectivity index (χ4n) is 2.82. The van der Waals surface area contributed by atoms with Crippen LogP contribution in [0.5, 0.6) is 0 Å². The van der Waals surface area contributed by atoms with E-state index in [0.717, 1.165) is 24.6 Å². The van der Waals surface area contributed by atoms with Crippen LogP contribution in [0.1, 0.15) is 52.2 Å². The SMILES string of the molecule is CC(C)NCCc1ncc(C2C(C)OC(C)C2C)o1. The lowest BCUT2D eigenvalue weighted by Crippen LogP contribution is -2.25. The van der Waals surface area contributed by atoms with E-state index in [-0.39, 0.29) is 12.2 Å². The summed E-state index contributed by atoms with van der Waals surface area (Å²) in [4.78, 5) is 4.39. The minimum atomic E-state index is 0.208. The number of hydrogen-bond donors (Lipinski definition) is 1. The third-order valence-electron chi connectivity index (χ3n) is 4.03. The van der Waals surface area contributed by atoms with Crippen LogP contribution in [-0.2, 0) is 11.2 Å². The van der Waals surface area contributed by atoms with E-state index >= 15 is 0 Å². The van der Waals surface area contributed by atoms with E-state index in [0.29, 0.717) is 17.9 Å². The first-order chi connectivity index (χ1) is 8.99. The molecule has 2 rings (SSSR count). The molecule has 1 saturated heterocycles. The normalized spacial score (nSPS) is 31.3. The summed E-state index contributed by atoms with van der Waals surface area (Å²) in [6.07, 6.45) is 3.21. The van der Waals surface area contributed by atoms with Crippen LogP contribution in [0.3, 0.4) is 0 Å². The highest BCUT2D eigenvalue weighted by Crippen LogP contribution is 2.39. The molecule has 4 atom stereocenters. The Morgan fingerprint density at radius 3 is 2.58 bits per heavy atom. The van der Waals surface area contributed by atoms with Gasteiger partial charge in [-0.15, -0.1) is 0 Å². The van der Waals surface area contributed by atoms with Gasteiger partial charge in [-0.2, -0.15) is 0 Å². The molecular formula is C15H26N2O2. The maximum Gasteiger partial charge on any atom is 0.195 e. The van der Waals surface area contributed by atoms with Crippen LogP contribution in [0.2, 0.25) is 0 Å². The molecule has 2 heterocycles. The van der Waals surface area contributed by atoms with E-state index < -0.39 is 0 Å². The maximum absolute atomic E-state index is 5.91. The standard InChI is InChI=1S/C15H26N2O2/c1-9(2)16-7-6-14-17-8-13(19-14)15-10(3)11(4)18-12(15)5/h8-12,15-16H,6-7H2,1-5H3. The van der Waals surface area contributed by atoms with Crippen molar-refractivity contribution in [2.75, 3.05) is 6.54 Å². The molecule has 0 saturated carbocycles. The van der Waals surface area contributed by atoms with Crippen LogP contribution in [-0.4, -0.2) is 29.8 Å². The Kier molecular flexibility index (Phi) is 4.63. The molecular weight excluding hydrogens is 240 g/mol. The molecule has 0 spiro atoms. The number of hydrogen-bond acceptors (Lipinski definition) is 4. The molecule has 1 fully saturated rings. The van der Waals surface area contributed by atoms with Gasteiger partial charge in [-0.05, 0) is 19.8 Å². The molecule has 4 nitrogen and oxygen atoms in total. The van der Waals surface area contributed by atoms with Gasteiger partial charge in [-0.1, -0.05) is 20.8 Å². The Morgan fingerprint density at radius 1 is 1.26 bits per heavy atom. The zero-order valence-electron chi connectivity index (χ0n) is 12.6. The van der Waals surface area contributed by atoms with Gasteiger partial charge in [-0.25, -0.2) is 4.98 Å². The Labute approximate surface area is 115 Å². The van der Waals surface area contributed by atoms with E-state index in [4.69, 9.17) is 9.15 Å². The number of nitrogens with zero attached hydrogens (tertiary/aromatic N) is 1. The Morgan fingerprint density at radius 2 is 2.00 bits per heavy atom. The highest BCUT2D eigenvalue weighted by Gasteiger charge is 2.40. The third kappa shape index (κ3) is 3.37. The smallest absolute Gasteiger partial charge is 0.195 e. The zero-order chi connectivity index (χ0) is 14.0. The molecule has 0 radical (unpaired) electrons. The van der Waals surface area contributed by atoms with Crippen LogP contribution in [0.4, 0.5) is 0 Å². The van der Waals surface area contributed by atoms with Gasteiger partial charge in [0.2, 0.25) is 0 Å². The molecule has 4 heteroatoms. The van der Waals surface area contributed by atoms with Gasteiger partial charge in [-0.3, -0.25) is 0 Å². The van der Waals surface area contributed by atoms with Crippen molar-refractivity contribution in [2.24, 2.45) is 5.92 Å². The largest absolute Gasteiger partial charge is 0.445 e. The number of rotatable bonds is 5. The summed E-state index contributed by atoms with van der Waals surface area (Å²) in [5.74, 6) is 2.60. The lowest BCUT2D eigenvalue weighted by atomic mass is 9.88. The van der Waals surface area contributed by atoms with Crippen molar-refractivity contribution in [3.8, 4) is 0 Å². The van der Waals surface area contributed by atoms with Crippen LogP contribution < -0.4 is 5.32 Å². The van der Waals surface area contributed by atoms with Gasteiger partial charge in [0.25, 0.3) is 0 Å². The fourth-order valence-corrected chi connectivity index (χ4v) is 2.82. The summed E-state index contributed by atoms with van der Waals surface area (Å²) >= 11 is 0. The summed E-state index contributed by atoms with van der Waals surface area (Å²) in [5, 5.41) is 3.37. The van der Waals surface area contributed by atoms with Crippen LogP contribution in [0, 0.1) is 5.92 Å². The lowest BCUT2D eigenvalue weighted by molar-refractivity contribution is 0.0547. The molecule has 4 unspecified atom stereocenters. The Hall–Kier alpha value is -0.870. The first kappa shape index (κ1) is 14.5. The molecule has 108 valence electrons. The quantitative estimate of drug-likeness (QED) is 0.890. The molecule has 0 aliphatic carbocycles. The van der Waals surface area contributed by atoms with E-state index in [1.165, 1.54) is 0 Å². The topological polar surface area (TPSA) is 47.3 Å². The van der Waals surface area contributed by atoms with Crippen molar-refractivity contribution in [1.82, 2.24) is 10.3 Å². The average Bonchev–Trinajstić information content (AvgIpc) is 2.85. The van der Waals surface area contributed by atoms with Crippen LogP contribution in [0.25, 0.3) is 0 Å². The van der Waals surface area contributed by atoms with E-state index in [9.17, 15) is 0 Å². The predicted octanol–water partition coefficient (Wildman–Crippen LogP) is 2.74. The van der Waals surface area contributed by atoms with Gasteiger partial charge in [0.1, 0.15) is 5.76 Å². The predicted molar refractivity (Wildman–Crippen MR) is 75.3 cm³/mol. The minimum absolute atomic E-state index is 0.208. The number of nitrogens with one attached hydrogen (secondary N) is 1. The second-order valence-electron chi connectivity index (χ2n) is 5.95. The number of oxazole rings is 1. The zero-order valence-corrected chi connectivity index (χ0v) is 12.6. The van der Waals surface area contributed by atoms with Crippen molar-refractivity contribution < 1.29 is 9.15 Å². The van der Waals surface area contributed by atoms with Crippen LogP contribution >= 0.6 is 0 Å². The van der Waals surface area contributed by atoms with E-state index in [2.05, 4.69) is 44.9 Å². The molecule has 1 aromatic heterocycles. The van der Waals surface area contributed by atoms with Crippen molar-refractivity contribution in [3.05, 3.63) is 17.8 Å². The Bertz CT molecular complexity index is 403. The van der Waals surface area contributed by atoms with Gasteiger partial charge >= 0.3 is 0 Å². The fraction of sp³-hybridized carbons (Fsp3) is 0.800. The summed E-state index contributed by atoms with van der Waals surface area (Å²) in [5.41, 5.74) is 0. The molecule has 1 N–H and O–H groups in total. The molecule has 19 heavy (non-hydrogen) atoms. The highest BCUT2D eigenvalue weighted by atomic mass is 16.5. The average molecular weight is 266 g/mol. The van der Waals surface area contributed by atoms with Crippen molar-refractivity contribution in [3.63, 3.8) is 0 Å². The van der Waals surface area contributed by atoms with Crippen molar-refractivity contribution in [2.45, 2.75) is 65.2 Å². The van der Waals surface area contributed by atoms with E-state index in [1.54, 1.807) is 0 Å². The minimum Gasteiger partial charge on any atom is -0.445 e. The maximum atomic E-state index is 5.91. The molecule has 1 aliphatic heterocycles. The summed E-state index contributed by atoms with van der Waals surface area (Å²) in [6, 6.07) is 0.499. The second-order valence-corrected chi connectivity index (χ2v) is 5.95. The van der Waals surface area contributed by atoms with Crippen LogP contribution in [0.15, 0.2) is 10.6 Å². The lowest BCUT2D eigenvalue weighted by Gasteiger charge is -2.14. The third-order valence-corrected chi connectivity index (χ3v) is 4.03. The monoisotopic (exact) mass is 266 g/mol. The van der Waals surface area contributed by atoms with Gasteiger partial charge in [0, 0.05) is 24.9 Å². The summed E-state index contributed by atoms with van der Waals surface area (Å²) < 4.78 is 11.8.